The maximum absolute atomic E-state index is 12.1. The Balaban J connectivity index is 2.05. The van der Waals surface area contributed by atoms with Gasteiger partial charge in [-0.05, 0) is 50.5 Å². The van der Waals surface area contributed by atoms with Gasteiger partial charge in [0.2, 0.25) is 5.96 Å². The lowest BCUT2D eigenvalue weighted by molar-refractivity contribution is -0.274. The Morgan fingerprint density at radius 2 is 1.88 bits per heavy atom. The smallest absolute Gasteiger partial charge is 0.406 e. The minimum Gasteiger partial charge on any atom is -0.406 e. The maximum atomic E-state index is 12.1. The van der Waals surface area contributed by atoms with Gasteiger partial charge >= 0.3 is 6.36 Å². The van der Waals surface area contributed by atoms with Gasteiger partial charge in [-0.1, -0.05) is 0 Å². The molecule has 1 aromatic rings. The lowest BCUT2D eigenvalue weighted by atomic mass is 10.0. The van der Waals surface area contributed by atoms with E-state index in [-0.39, 0.29) is 17.8 Å². The Labute approximate surface area is 138 Å². The minimum absolute atomic E-state index is 0.0604. The first-order chi connectivity index (χ1) is 11.2. The number of nitrogens with two attached hydrogens (primary N) is 2. The van der Waals surface area contributed by atoms with E-state index in [2.05, 4.69) is 21.6 Å². The van der Waals surface area contributed by atoms with Gasteiger partial charge in [0.1, 0.15) is 5.75 Å². The van der Waals surface area contributed by atoms with Crippen LogP contribution in [0.5, 0.6) is 5.75 Å². The summed E-state index contributed by atoms with van der Waals surface area (Å²) >= 11 is 0. The number of guanidine groups is 2. The van der Waals surface area contributed by atoms with E-state index in [4.69, 9.17) is 11.5 Å². The predicted molar refractivity (Wildman–Crippen MR) is 86.0 cm³/mol. The van der Waals surface area contributed by atoms with E-state index >= 15 is 0 Å². The van der Waals surface area contributed by atoms with Crippen LogP contribution in [0.1, 0.15) is 26.2 Å². The third-order valence-corrected chi connectivity index (χ3v) is 3.64. The molecule has 132 valence electrons. The van der Waals surface area contributed by atoms with Crippen LogP contribution in [0.15, 0.2) is 34.3 Å². The Morgan fingerprint density at radius 1 is 1.21 bits per heavy atom. The number of aliphatic imine (C=N–C) groups is 2. The number of alkyl halides is 3. The standard InChI is InChI=1S/C15H20F3N5O/c1-10-4-2-3-9-23(10)14(20)22-13(19)21-11-5-7-12(8-6-11)24-15(16,17)18/h5-8,10H,2-4,9H2,1H3,(H4,19,20,21,22). The SMILES string of the molecule is CC1CCCCN1/C(N)=N/C(N)=Nc1ccc(OC(F)(F)F)cc1. The van der Waals surface area contributed by atoms with Crippen molar-refractivity contribution in [2.24, 2.45) is 21.5 Å². The molecule has 24 heavy (non-hydrogen) atoms. The van der Waals surface area contributed by atoms with Gasteiger partial charge in [0, 0.05) is 12.6 Å². The second kappa shape index (κ2) is 7.41. The number of ether oxygens (including phenoxy) is 1. The topological polar surface area (TPSA) is 89.2 Å². The first-order valence-electron chi connectivity index (χ1n) is 7.55. The van der Waals surface area contributed by atoms with Gasteiger partial charge in [-0.25, -0.2) is 4.99 Å². The molecule has 0 aliphatic carbocycles. The van der Waals surface area contributed by atoms with Gasteiger partial charge in [-0.15, -0.1) is 13.2 Å². The molecule has 2 rings (SSSR count). The van der Waals surface area contributed by atoms with Gasteiger partial charge < -0.3 is 21.1 Å². The van der Waals surface area contributed by atoms with Crippen LogP contribution in [-0.4, -0.2) is 35.8 Å². The van der Waals surface area contributed by atoms with Crippen LogP contribution in [-0.2, 0) is 0 Å². The van der Waals surface area contributed by atoms with Crippen molar-refractivity contribution in [3.63, 3.8) is 0 Å². The van der Waals surface area contributed by atoms with Crippen molar-refractivity contribution in [3.8, 4) is 5.75 Å². The summed E-state index contributed by atoms with van der Waals surface area (Å²) in [6.07, 6.45) is -1.50. The van der Waals surface area contributed by atoms with Gasteiger partial charge in [0.25, 0.3) is 0 Å². The fraction of sp³-hybridized carbons (Fsp3) is 0.467. The zero-order valence-corrected chi connectivity index (χ0v) is 13.3. The highest BCUT2D eigenvalue weighted by atomic mass is 19.4. The average molecular weight is 343 g/mol. The zero-order valence-electron chi connectivity index (χ0n) is 13.3. The summed E-state index contributed by atoms with van der Waals surface area (Å²) in [7, 11) is 0. The van der Waals surface area contributed by atoms with E-state index in [0.717, 1.165) is 37.9 Å². The number of nitrogens with zero attached hydrogens (tertiary/aromatic N) is 3. The van der Waals surface area contributed by atoms with E-state index in [0.29, 0.717) is 11.6 Å². The van der Waals surface area contributed by atoms with Crippen molar-refractivity contribution in [2.45, 2.75) is 38.6 Å². The molecular weight excluding hydrogens is 323 g/mol. The van der Waals surface area contributed by atoms with Gasteiger partial charge in [-0.2, -0.15) is 4.99 Å². The van der Waals surface area contributed by atoms with E-state index in [1.54, 1.807) is 0 Å². The number of rotatable bonds is 2. The molecule has 0 amide bonds. The lowest BCUT2D eigenvalue weighted by Crippen LogP contribution is -2.46. The molecule has 1 aromatic carbocycles. The quantitative estimate of drug-likeness (QED) is 0.638. The van der Waals surface area contributed by atoms with Crippen LogP contribution >= 0.6 is 0 Å². The fourth-order valence-electron chi connectivity index (χ4n) is 2.50. The van der Waals surface area contributed by atoms with Crippen molar-refractivity contribution >= 4 is 17.6 Å². The summed E-state index contributed by atoms with van der Waals surface area (Å²) in [5.74, 6) is -0.0968. The molecule has 0 saturated carbocycles. The van der Waals surface area contributed by atoms with Gasteiger partial charge in [0.15, 0.2) is 5.96 Å². The van der Waals surface area contributed by atoms with Crippen molar-refractivity contribution in [1.29, 1.82) is 0 Å². The molecule has 4 N–H and O–H groups in total. The molecular formula is C15H20F3N5O. The molecule has 0 radical (unpaired) electrons. The number of benzene rings is 1. The van der Waals surface area contributed by atoms with Crippen LogP contribution in [0.2, 0.25) is 0 Å². The molecule has 0 bridgehead atoms. The summed E-state index contributed by atoms with van der Waals surface area (Å²) in [6.45, 7) is 2.88. The molecule has 1 heterocycles. The normalized spacial score (nSPS) is 20.2. The molecule has 1 atom stereocenters. The molecule has 1 saturated heterocycles. The maximum Gasteiger partial charge on any atom is 0.573 e. The predicted octanol–water partition coefficient (Wildman–Crippen LogP) is 2.72. The van der Waals surface area contributed by atoms with Gasteiger partial charge in [-0.3, -0.25) is 0 Å². The number of hydrogen-bond donors (Lipinski definition) is 2. The van der Waals surface area contributed by atoms with Gasteiger partial charge in [0.05, 0.1) is 5.69 Å². The number of hydrogen-bond acceptors (Lipinski definition) is 2. The van der Waals surface area contributed by atoms with Crippen LogP contribution in [0.4, 0.5) is 18.9 Å². The second-order valence-corrected chi connectivity index (χ2v) is 5.52. The van der Waals surface area contributed by atoms with Crippen LogP contribution in [0.25, 0.3) is 0 Å². The average Bonchev–Trinajstić information content (AvgIpc) is 2.48. The Bertz CT molecular complexity index is 613. The first kappa shape index (κ1) is 17.9. The largest absolute Gasteiger partial charge is 0.573 e. The van der Waals surface area contributed by atoms with E-state index < -0.39 is 6.36 Å². The summed E-state index contributed by atoms with van der Waals surface area (Å²) < 4.78 is 40.1. The van der Waals surface area contributed by atoms with E-state index in [1.807, 2.05) is 4.90 Å². The second-order valence-electron chi connectivity index (χ2n) is 5.52. The summed E-state index contributed by atoms with van der Waals surface area (Å²) in [4.78, 5) is 10.0. The summed E-state index contributed by atoms with van der Waals surface area (Å²) in [5, 5.41) is 0. The fourth-order valence-corrected chi connectivity index (χ4v) is 2.50. The zero-order chi connectivity index (χ0) is 17.7. The number of halogens is 3. The molecule has 1 aliphatic heterocycles. The lowest BCUT2D eigenvalue weighted by Gasteiger charge is -2.34. The van der Waals surface area contributed by atoms with Crippen molar-refractivity contribution in [3.05, 3.63) is 24.3 Å². The molecule has 0 aromatic heterocycles. The Kier molecular flexibility index (Phi) is 5.53. The molecule has 6 nitrogen and oxygen atoms in total. The highest BCUT2D eigenvalue weighted by Crippen LogP contribution is 2.24. The third-order valence-electron chi connectivity index (χ3n) is 3.64. The minimum atomic E-state index is -4.73. The molecule has 0 spiro atoms. The Morgan fingerprint density at radius 3 is 2.46 bits per heavy atom. The Hall–Kier alpha value is -2.45. The van der Waals surface area contributed by atoms with Crippen LogP contribution in [0, 0.1) is 0 Å². The van der Waals surface area contributed by atoms with Crippen molar-refractivity contribution < 1.29 is 17.9 Å². The highest BCUT2D eigenvalue weighted by Gasteiger charge is 2.30. The molecule has 1 aliphatic rings. The molecule has 9 heteroatoms. The molecule has 1 fully saturated rings. The first-order valence-corrected chi connectivity index (χ1v) is 7.55. The third kappa shape index (κ3) is 5.32. The van der Waals surface area contributed by atoms with Crippen molar-refractivity contribution in [2.75, 3.05) is 6.54 Å². The number of likely N-dealkylation sites (tertiary alicyclic amines) is 1. The monoisotopic (exact) mass is 343 g/mol. The van der Waals surface area contributed by atoms with Crippen molar-refractivity contribution in [1.82, 2.24) is 4.90 Å². The molecule has 1 unspecified atom stereocenters. The van der Waals surface area contributed by atoms with Crippen LogP contribution in [0.3, 0.4) is 0 Å². The summed E-state index contributed by atoms with van der Waals surface area (Å²) in [5.41, 5.74) is 12.1. The van der Waals surface area contributed by atoms with Crippen LogP contribution < -0.4 is 16.2 Å². The van der Waals surface area contributed by atoms with E-state index in [9.17, 15) is 13.2 Å². The highest BCUT2D eigenvalue weighted by molar-refractivity contribution is 5.94. The van der Waals surface area contributed by atoms with E-state index in [1.165, 1.54) is 12.1 Å². The summed E-state index contributed by atoms with van der Waals surface area (Å²) in [6, 6.07) is 5.29. The number of piperidine rings is 1.